The van der Waals surface area contributed by atoms with Crippen LogP contribution in [0.3, 0.4) is 0 Å². The maximum Gasteiger partial charge on any atom is 0.125 e. The van der Waals surface area contributed by atoms with E-state index in [0.717, 1.165) is 21.1 Å². The van der Waals surface area contributed by atoms with Gasteiger partial charge >= 0.3 is 0 Å². The average Bonchev–Trinajstić information content (AvgIpc) is 2.84. The molecule has 0 aliphatic carbocycles. The highest BCUT2D eigenvalue weighted by Crippen LogP contribution is 2.18. The highest BCUT2D eigenvalue weighted by Gasteiger charge is 2.02. The van der Waals surface area contributed by atoms with Crippen molar-refractivity contribution in [2.75, 3.05) is 6.61 Å². The quantitative estimate of drug-likeness (QED) is 0.679. The standard InChI is InChI=1S/C16H13BrFNO/c17-13-2-5-15(6-3-13)20-10-9-19-8-7-12-1-4-14(18)11-16(12)19/h1-8,11H,9-10H2. The average molecular weight is 334 g/mol. The van der Waals surface area contributed by atoms with Crippen LogP contribution in [-0.4, -0.2) is 11.2 Å². The Bertz CT molecular complexity index is 721. The Balaban J connectivity index is 1.68. The Morgan fingerprint density at radius 2 is 1.85 bits per heavy atom. The van der Waals surface area contributed by atoms with Gasteiger partial charge in [0.05, 0.1) is 12.1 Å². The van der Waals surface area contributed by atoms with E-state index >= 15 is 0 Å². The van der Waals surface area contributed by atoms with Gasteiger partial charge in [-0.15, -0.1) is 0 Å². The first-order valence-corrected chi connectivity index (χ1v) is 7.14. The summed E-state index contributed by atoms with van der Waals surface area (Å²) < 4.78 is 22.0. The molecule has 0 aliphatic heterocycles. The van der Waals surface area contributed by atoms with Gasteiger partial charge in [-0.1, -0.05) is 15.9 Å². The molecule has 0 atom stereocenters. The second-order valence-corrected chi connectivity index (χ2v) is 5.43. The summed E-state index contributed by atoms with van der Waals surface area (Å²) in [5.41, 5.74) is 0.893. The number of halogens is 2. The molecule has 4 heteroatoms. The summed E-state index contributed by atoms with van der Waals surface area (Å²) in [7, 11) is 0. The number of fused-ring (bicyclic) bond motifs is 1. The van der Waals surface area contributed by atoms with Crippen LogP contribution in [-0.2, 0) is 6.54 Å². The Kier molecular flexibility index (Phi) is 3.74. The lowest BCUT2D eigenvalue weighted by Gasteiger charge is -2.08. The molecule has 0 unspecified atom stereocenters. The predicted molar refractivity (Wildman–Crippen MR) is 81.5 cm³/mol. The number of rotatable bonds is 4. The maximum absolute atomic E-state index is 13.3. The Morgan fingerprint density at radius 3 is 2.65 bits per heavy atom. The molecule has 102 valence electrons. The van der Waals surface area contributed by atoms with Crippen LogP contribution in [0.2, 0.25) is 0 Å². The van der Waals surface area contributed by atoms with Crippen molar-refractivity contribution in [3.05, 3.63) is 65.0 Å². The van der Waals surface area contributed by atoms with Crippen LogP contribution in [0.25, 0.3) is 10.9 Å². The monoisotopic (exact) mass is 333 g/mol. The molecule has 0 fully saturated rings. The van der Waals surface area contributed by atoms with Crippen molar-refractivity contribution in [1.82, 2.24) is 4.57 Å². The lowest BCUT2D eigenvalue weighted by Crippen LogP contribution is -2.07. The summed E-state index contributed by atoms with van der Waals surface area (Å²) in [5.74, 6) is 0.613. The number of hydrogen-bond acceptors (Lipinski definition) is 1. The van der Waals surface area contributed by atoms with Gasteiger partial charge in [-0.05, 0) is 53.9 Å². The number of aromatic nitrogens is 1. The van der Waals surface area contributed by atoms with E-state index in [2.05, 4.69) is 15.9 Å². The van der Waals surface area contributed by atoms with Crippen LogP contribution in [0, 0.1) is 5.82 Å². The molecular weight excluding hydrogens is 321 g/mol. The van der Waals surface area contributed by atoms with Crippen molar-refractivity contribution in [1.29, 1.82) is 0 Å². The first-order valence-electron chi connectivity index (χ1n) is 6.35. The molecule has 0 bridgehead atoms. The SMILES string of the molecule is Fc1ccc2ccn(CCOc3ccc(Br)cc3)c2c1. The van der Waals surface area contributed by atoms with E-state index < -0.39 is 0 Å². The molecule has 2 nitrogen and oxygen atoms in total. The molecule has 0 aliphatic rings. The van der Waals surface area contributed by atoms with Gasteiger partial charge in [-0.2, -0.15) is 0 Å². The lowest BCUT2D eigenvalue weighted by molar-refractivity contribution is 0.300. The van der Waals surface area contributed by atoms with Gasteiger partial charge in [0.25, 0.3) is 0 Å². The highest BCUT2D eigenvalue weighted by atomic mass is 79.9. The summed E-state index contributed by atoms with van der Waals surface area (Å²) in [6, 6.07) is 14.5. The van der Waals surface area contributed by atoms with Gasteiger partial charge < -0.3 is 9.30 Å². The Hall–Kier alpha value is -1.81. The molecule has 0 saturated heterocycles. The first kappa shape index (κ1) is 13.2. The van der Waals surface area contributed by atoms with Crippen LogP contribution >= 0.6 is 15.9 Å². The zero-order valence-corrected chi connectivity index (χ0v) is 12.3. The molecule has 0 saturated carbocycles. The molecule has 3 aromatic rings. The minimum absolute atomic E-state index is 0.216. The van der Waals surface area contributed by atoms with E-state index in [4.69, 9.17) is 4.74 Å². The molecule has 20 heavy (non-hydrogen) atoms. The van der Waals surface area contributed by atoms with Crippen molar-refractivity contribution in [3.8, 4) is 5.75 Å². The van der Waals surface area contributed by atoms with Gasteiger partial charge in [0.15, 0.2) is 0 Å². The summed E-state index contributed by atoms with van der Waals surface area (Å²) >= 11 is 3.38. The zero-order valence-electron chi connectivity index (χ0n) is 10.7. The van der Waals surface area contributed by atoms with Gasteiger partial charge in [-0.25, -0.2) is 4.39 Å². The number of nitrogens with zero attached hydrogens (tertiary/aromatic N) is 1. The first-order chi connectivity index (χ1) is 9.72. The molecule has 0 radical (unpaired) electrons. The largest absolute Gasteiger partial charge is 0.492 e. The minimum atomic E-state index is -0.216. The Morgan fingerprint density at radius 1 is 1.05 bits per heavy atom. The molecule has 2 aromatic carbocycles. The van der Waals surface area contributed by atoms with Gasteiger partial charge in [0.2, 0.25) is 0 Å². The summed E-state index contributed by atoms with van der Waals surface area (Å²) in [6.07, 6.45) is 1.95. The van der Waals surface area contributed by atoms with Gasteiger partial charge in [0, 0.05) is 10.7 Å². The third-order valence-electron chi connectivity index (χ3n) is 3.15. The third kappa shape index (κ3) is 2.85. The van der Waals surface area contributed by atoms with E-state index in [1.807, 2.05) is 41.1 Å². The number of ether oxygens (including phenoxy) is 1. The van der Waals surface area contributed by atoms with Crippen LogP contribution in [0.5, 0.6) is 5.75 Å². The van der Waals surface area contributed by atoms with Crippen LogP contribution in [0.4, 0.5) is 4.39 Å². The van der Waals surface area contributed by atoms with Crippen molar-refractivity contribution in [2.24, 2.45) is 0 Å². The summed E-state index contributed by atoms with van der Waals surface area (Å²) in [6.45, 7) is 1.23. The van der Waals surface area contributed by atoms with E-state index in [1.165, 1.54) is 6.07 Å². The zero-order chi connectivity index (χ0) is 13.9. The second-order valence-electron chi connectivity index (χ2n) is 4.51. The third-order valence-corrected chi connectivity index (χ3v) is 3.68. The summed E-state index contributed by atoms with van der Waals surface area (Å²) in [4.78, 5) is 0. The van der Waals surface area contributed by atoms with E-state index in [1.54, 1.807) is 12.1 Å². The van der Waals surface area contributed by atoms with E-state index in [0.29, 0.717) is 13.2 Å². The number of hydrogen-bond donors (Lipinski definition) is 0. The smallest absolute Gasteiger partial charge is 0.125 e. The topological polar surface area (TPSA) is 14.2 Å². The van der Waals surface area contributed by atoms with Crippen molar-refractivity contribution in [3.63, 3.8) is 0 Å². The van der Waals surface area contributed by atoms with Crippen LogP contribution in [0.15, 0.2) is 59.2 Å². The second kappa shape index (κ2) is 5.67. The highest BCUT2D eigenvalue weighted by molar-refractivity contribution is 9.10. The molecule has 1 heterocycles. The lowest BCUT2D eigenvalue weighted by atomic mass is 10.2. The molecule has 0 spiro atoms. The van der Waals surface area contributed by atoms with Gasteiger partial charge in [0.1, 0.15) is 18.2 Å². The molecule has 1 aromatic heterocycles. The Labute approximate surface area is 124 Å². The van der Waals surface area contributed by atoms with E-state index in [-0.39, 0.29) is 5.82 Å². The predicted octanol–water partition coefficient (Wildman–Crippen LogP) is 4.62. The fourth-order valence-corrected chi connectivity index (χ4v) is 2.41. The molecule has 0 amide bonds. The maximum atomic E-state index is 13.3. The van der Waals surface area contributed by atoms with Gasteiger partial charge in [-0.3, -0.25) is 0 Å². The van der Waals surface area contributed by atoms with Crippen molar-refractivity contribution < 1.29 is 9.13 Å². The fourth-order valence-electron chi connectivity index (χ4n) is 2.14. The summed E-state index contributed by atoms with van der Waals surface area (Å²) in [5, 5.41) is 1.04. The molecular formula is C16H13BrFNO. The van der Waals surface area contributed by atoms with Crippen LogP contribution in [0.1, 0.15) is 0 Å². The van der Waals surface area contributed by atoms with Crippen molar-refractivity contribution in [2.45, 2.75) is 6.54 Å². The number of benzene rings is 2. The molecule has 0 N–H and O–H groups in total. The normalized spacial score (nSPS) is 10.9. The fraction of sp³-hybridized carbons (Fsp3) is 0.125. The van der Waals surface area contributed by atoms with Crippen molar-refractivity contribution >= 4 is 26.8 Å². The minimum Gasteiger partial charge on any atom is -0.492 e. The van der Waals surface area contributed by atoms with E-state index in [9.17, 15) is 4.39 Å². The molecule has 3 rings (SSSR count). The van der Waals surface area contributed by atoms with Crippen LogP contribution < -0.4 is 4.74 Å².